The molecule has 0 aliphatic carbocycles. The van der Waals surface area contributed by atoms with E-state index in [9.17, 15) is 22.8 Å². The number of carbonyl (C=O) groups excluding carboxylic acids is 1. The Kier molecular flexibility index (Phi) is 4.60. The highest BCUT2D eigenvalue weighted by Gasteiger charge is 2.27. The van der Waals surface area contributed by atoms with Crippen molar-refractivity contribution in [3.63, 3.8) is 0 Å². The predicted molar refractivity (Wildman–Crippen MR) is 95.8 cm³/mol. The summed E-state index contributed by atoms with van der Waals surface area (Å²) in [4.78, 5) is 27.3. The summed E-state index contributed by atoms with van der Waals surface area (Å²) < 4.78 is 46.5. The number of ether oxygens (including phenoxy) is 1. The minimum Gasteiger partial charge on any atom is -0.373 e. The van der Waals surface area contributed by atoms with E-state index in [1.165, 1.54) is 12.1 Å². The van der Waals surface area contributed by atoms with Gasteiger partial charge in [-0.05, 0) is 35.7 Å². The molecule has 0 spiro atoms. The molecule has 1 aliphatic heterocycles. The van der Waals surface area contributed by atoms with Gasteiger partial charge >= 0.3 is 0 Å². The van der Waals surface area contributed by atoms with Crippen molar-refractivity contribution in [1.29, 1.82) is 0 Å². The van der Waals surface area contributed by atoms with Gasteiger partial charge in [0.25, 0.3) is 11.5 Å². The normalized spacial score (nSPS) is 16.1. The number of benzene rings is 2. The van der Waals surface area contributed by atoms with Crippen molar-refractivity contribution in [2.45, 2.75) is 12.6 Å². The van der Waals surface area contributed by atoms with Gasteiger partial charge in [-0.2, -0.15) is 0 Å². The van der Waals surface area contributed by atoms with E-state index in [2.05, 4.69) is 10.3 Å². The lowest BCUT2D eigenvalue weighted by Crippen LogP contribution is -2.36. The standard InChI is InChI=1S/C19H12ClF3N2O3/c20-11-2-1-8(3-12(11)21)18(26)24-15-6-28-7-16-17(15)9-4-13(22)14(23)5-10(9)19(27)25-16/h1-5,15H,6-7H2,(H,24,26)(H,25,27)/t15-/m0/s1. The highest BCUT2D eigenvalue weighted by molar-refractivity contribution is 6.30. The number of carbonyl (C=O) groups is 1. The summed E-state index contributed by atoms with van der Waals surface area (Å²) >= 11 is 5.63. The van der Waals surface area contributed by atoms with Crippen molar-refractivity contribution in [2.24, 2.45) is 0 Å². The lowest BCUT2D eigenvalue weighted by molar-refractivity contribution is 0.0694. The van der Waals surface area contributed by atoms with Gasteiger partial charge in [0.1, 0.15) is 5.82 Å². The molecule has 9 heteroatoms. The molecule has 5 nitrogen and oxygen atoms in total. The second kappa shape index (κ2) is 6.96. The van der Waals surface area contributed by atoms with Crippen LogP contribution in [0.1, 0.15) is 27.7 Å². The van der Waals surface area contributed by atoms with Gasteiger partial charge in [0.05, 0.1) is 29.7 Å². The molecule has 0 radical (unpaired) electrons. The molecule has 1 atom stereocenters. The fraction of sp³-hybridized carbons (Fsp3) is 0.158. The van der Waals surface area contributed by atoms with Gasteiger partial charge in [-0.25, -0.2) is 13.2 Å². The van der Waals surface area contributed by atoms with Gasteiger partial charge in [-0.1, -0.05) is 11.6 Å². The van der Waals surface area contributed by atoms with Crippen LogP contribution >= 0.6 is 11.6 Å². The number of nitrogens with one attached hydrogen (secondary N) is 2. The molecule has 1 aliphatic rings. The first kappa shape index (κ1) is 18.5. The van der Waals surface area contributed by atoms with Crippen LogP contribution in [0.4, 0.5) is 13.2 Å². The van der Waals surface area contributed by atoms with E-state index >= 15 is 0 Å². The fourth-order valence-electron chi connectivity index (χ4n) is 3.26. The summed E-state index contributed by atoms with van der Waals surface area (Å²) in [5.74, 6) is -3.63. The minimum atomic E-state index is -1.15. The zero-order valence-corrected chi connectivity index (χ0v) is 14.9. The first-order chi connectivity index (χ1) is 13.3. The molecule has 4 rings (SSSR count). The highest BCUT2D eigenvalue weighted by Crippen LogP contribution is 2.31. The van der Waals surface area contributed by atoms with E-state index < -0.39 is 35.0 Å². The van der Waals surface area contributed by atoms with Crippen LogP contribution in [0.15, 0.2) is 35.1 Å². The largest absolute Gasteiger partial charge is 0.373 e. The molecule has 28 heavy (non-hydrogen) atoms. The fourth-order valence-corrected chi connectivity index (χ4v) is 3.38. The van der Waals surface area contributed by atoms with E-state index in [1.807, 2.05) is 0 Å². The molecule has 0 bridgehead atoms. The summed E-state index contributed by atoms with van der Waals surface area (Å²) in [6.07, 6.45) is 0. The highest BCUT2D eigenvalue weighted by atomic mass is 35.5. The molecular formula is C19H12ClF3N2O3. The Bertz CT molecular complexity index is 1180. The zero-order chi connectivity index (χ0) is 20.0. The van der Waals surface area contributed by atoms with E-state index in [0.717, 1.165) is 18.2 Å². The maximum atomic E-state index is 13.8. The van der Waals surface area contributed by atoms with Crippen LogP contribution in [0.5, 0.6) is 0 Å². The molecule has 1 amide bonds. The first-order valence-corrected chi connectivity index (χ1v) is 8.60. The second-order valence-electron chi connectivity index (χ2n) is 6.33. The van der Waals surface area contributed by atoms with Crippen molar-refractivity contribution >= 4 is 28.3 Å². The van der Waals surface area contributed by atoms with E-state index in [1.54, 1.807) is 0 Å². The number of aromatic nitrogens is 1. The van der Waals surface area contributed by atoms with Gasteiger partial charge < -0.3 is 15.0 Å². The quantitative estimate of drug-likeness (QED) is 0.680. The van der Waals surface area contributed by atoms with Crippen molar-refractivity contribution in [3.05, 3.63) is 80.0 Å². The van der Waals surface area contributed by atoms with Gasteiger partial charge in [-0.3, -0.25) is 9.59 Å². The van der Waals surface area contributed by atoms with Crippen LogP contribution in [-0.2, 0) is 11.3 Å². The van der Waals surface area contributed by atoms with Crippen molar-refractivity contribution in [2.75, 3.05) is 6.61 Å². The number of rotatable bonds is 2. The van der Waals surface area contributed by atoms with Gasteiger partial charge in [0, 0.05) is 16.8 Å². The Morgan fingerprint density at radius 1 is 1.11 bits per heavy atom. The molecule has 0 saturated heterocycles. The third-order valence-corrected chi connectivity index (χ3v) is 4.86. The number of hydrogen-bond acceptors (Lipinski definition) is 3. The number of halogens is 4. The monoisotopic (exact) mass is 408 g/mol. The Balaban J connectivity index is 1.78. The van der Waals surface area contributed by atoms with Gasteiger partial charge in [-0.15, -0.1) is 0 Å². The summed E-state index contributed by atoms with van der Waals surface area (Å²) in [5, 5.41) is 2.68. The molecule has 0 unspecified atom stereocenters. The van der Waals surface area contributed by atoms with Gasteiger partial charge in [0.2, 0.25) is 0 Å². The smallest absolute Gasteiger partial charge is 0.256 e. The maximum absolute atomic E-state index is 13.8. The molecule has 3 aromatic rings. The minimum absolute atomic E-state index is 0.0278. The molecular weight excluding hydrogens is 397 g/mol. The van der Waals surface area contributed by atoms with Crippen LogP contribution in [0.2, 0.25) is 5.02 Å². The van der Waals surface area contributed by atoms with Crippen molar-refractivity contribution in [3.8, 4) is 0 Å². The zero-order valence-electron chi connectivity index (χ0n) is 14.1. The number of amides is 1. The third kappa shape index (κ3) is 3.14. The lowest BCUT2D eigenvalue weighted by atomic mass is 9.96. The maximum Gasteiger partial charge on any atom is 0.256 e. The van der Waals surface area contributed by atoms with E-state index in [-0.39, 0.29) is 34.6 Å². The SMILES string of the molecule is O=C(N[C@H]1COCc2[nH]c(=O)c3cc(F)c(F)cc3c21)c1ccc(Cl)c(F)c1. The summed E-state index contributed by atoms with van der Waals surface area (Å²) in [5.41, 5.74) is 0.202. The number of hydrogen-bond donors (Lipinski definition) is 2. The Morgan fingerprint density at radius 3 is 2.54 bits per heavy atom. The number of pyridine rings is 1. The number of fused-ring (bicyclic) bond motifs is 3. The van der Waals surface area contributed by atoms with E-state index in [4.69, 9.17) is 16.3 Å². The van der Waals surface area contributed by atoms with Crippen LogP contribution < -0.4 is 10.9 Å². The molecule has 2 heterocycles. The van der Waals surface area contributed by atoms with Crippen LogP contribution in [0.3, 0.4) is 0 Å². The number of aromatic amines is 1. The molecule has 0 fully saturated rings. The van der Waals surface area contributed by atoms with Crippen molar-refractivity contribution < 1.29 is 22.7 Å². The average molecular weight is 409 g/mol. The Morgan fingerprint density at radius 2 is 1.82 bits per heavy atom. The Labute approximate surface area is 161 Å². The van der Waals surface area contributed by atoms with Crippen molar-refractivity contribution in [1.82, 2.24) is 10.3 Å². The lowest BCUT2D eigenvalue weighted by Gasteiger charge is -2.27. The molecule has 0 saturated carbocycles. The summed E-state index contributed by atoms with van der Waals surface area (Å²) in [6.45, 7) is 0.0798. The summed E-state index contributed by atoms with van der Waals surface area (Å²) in [7, 11) is 0. The molecule has 1 aromatic heterocycles. The number of H-pyrrole nitrogens is 1. The Hall–Kier alpha value is -2.84. The third-order valence-electron chi connectivity index (χ3n) is 4.55. The van der Waals surface area contributed by atoms with Crippen LogP contribution in [0.25, 0.3) is 10.8 Å². The molecule has 2 N–H and O–H groups in total. The van der Waals surface area contributed by atoms with E-state index in [0.29, 0.717) is 11.3 Å². The molecule has 2 aromatic carbocycles. The topological polar surface area (TPSA) is 71.2 Å². The first-order valence-electron chi connectivity index (χ1n) is 8.22. The second-order valence-corrected chi connectivity index (χ2v) is 6.74. The van der Waals surface area contributed by atoms with Gasteiger partial charge in [0.15, 0.2) is 11.6 Å². The average Bonchev–Trinajstić information content (AvgIpc) is 2.65. The molecule has 144 valence electrons. The summed E-state index contributed by atoms with van der Waals surface area (Å²) in [6, 6.07) is 4.56. The van der Waals surface area contributed by atoms with Crippen LogP contribution in [-0.4, -0.2) is 17.5 Å². The predicted octanol–water partition coefficient (Wildman–Crippen LogP) is 3.60. The van der Waals surface area contributed by atoms with Crippen LogP contribution in [0, 0.1) is 17.5 Å².